The minimum atomic E-state index is 0. The lowest BCUT2D eigenvalue weighted by Crippen LogP contribution is -2.37. The lowest BCUT2D eigenvalue weighted by atomic mass is 10.1. The van der Waals surface area contributed by atoms with Crippen molar-refractivity contribution in [3.8, 4) is 5.75 Å². The molecule has 2 aromatic rings. The van der Waals surface area contributed by atoms with E-state index in [1.807, 2.05) is 38.7 Å². The van der Waals surface area contributed by atoms with Gasteiger partial charge in [-0.05, 0) is 27.7 Å². The smallest absolute Gasteiger partial charge is 0.191 e. The average Bonchev–Trinajstić information content (AvgIpc) is 2.82. The molecular formula is C18H29IN6O. The second-order valence-corrected chi connectivity index (χ2v) is 6.10. The van der Waals surface area contributed by atoms with Gasteiger partial charge in [-0.25, -0.2) is 0 Å². The van der Waals surface area contributed by atoms with Crippen molar-refractivity contribution in [1.29, 1.82) is 0 Å². The lowest BCUT2D eigenvalue weighted by Gasteiger charge is -2.15. The van der Waals surface area contributed by atoms with Gasteiger partial charge >= 0.3 is 0 Å². The second kappa shape index (κ2) is 9.75. The summed E-state index contributed by atoms with van der Waals surface area (Å²) >= 11 is 0. The Bertz CT molecular complexity index is 784. The van der Waals surface area contributed by atoms with Crippen molar-refractivity contribution in [1.82, 2.24) is 25.4 Å². The number of aryl methyl sites for hydroxylation is 3. The van der Waals surface area contributed by atoms with Crippen LogP contribution in [0.25, 0.3) is 0 Å². The summed E-state index contributed by atoms with van der Waals surface area (Å²) in [6, 6.07) is 0. The number of nitrogens with zero attached hydrogens (tertiary/aromatic N) is 4. The molecule has 0 aliphatic heterocycles. The molecule has 0 spiro atoms. The van der Waals surface area contributed by atoms with E-state index in [4.69, 9.17) is 4.74 Å². The molecule has 7 nitrogen and oxygen atoms in total. The fourth-order valence-electron chi connectivity index (χ4n) is 2.88. The Hall–Kier alpha value is -1.84. The minimum Gasteiger partial charge on any atom is -0.496 e. The number of methoxy groups -OCH3 is 1. The highest BCUT2D eigenvalue weighted by Crippen LogP contribution is 2.23. The average molecular weight is 472 g/mol. The molecule has 0 saturated heterocycles. The predicted octanol–water partition coefficient (Wildman–Crippen LogP) is 2.54. The Morgan fingerprint density at radius 3 is 2.38 bits per heavy atom. The third kappa shape index (κ3) is 4.87. The maximum absolute atomic E-state index is 5.46. The van der Waals surface area contributed by atoms with Crippen LogP contribution in [0.4, 0.5) is 0 Å². The minimum absolute atomic E-state index is 0. The molecule has 2 N–H and O–H groups in total. The lowest BCUT2D eigenvalue weighted by molar-refractivity contribution is 0.406. The molecule has 0 radical (unpaired) electrons. The molecule has 0 atom stereocenters. The van der Waals surface area contributed by atoms with Crippen molar-refractivity contribution < 1.29 is 4.74 Å². The van der Waals surface area contributed by atoms with E-state index in [0.717, 1.165) is 39.9 Å². The number of aliphatic imine (C=N–C) groups is 1. The third-order valence-electron chi connectivity index (χ3n) is 4.49. The van der Waals surface area contributed by atoms with Gasteiger partial charge in [0.1, 0.15) is 5.75 Å². The Morgan fingerprint density at radius 2 is 1.85 bits per heavy atom. The van der Waals surface area contributed by atoms with Crippen molar-refractivity contribution >= 4 is 29.9 Å². The summed E-state index contributed by atoms with van der Waals surface area (Å²) in [6.07, 6.45) is 1.83. The molecule has 0 aromatic carbocycles. The van der Waals surface area contributed by atoms with Gasteiger partial charge in [-0.1, -0.05) is 0 Å². The molecule has 2 aromatic heterocycles. The molecule has 26 heavy (non-hydrogen) atoms. The number of aromatic nitrogens is 3. The van der Waals surface area contributed by atoms with E-state index in [-0.39, 0.29) is 24.0 Å². The normalized spacial score (nSPS) is 11.1. The van der Waals surface area contributed by atoms with Gasteiger partial charge in [-0.15, -0.1) is 24.0 Å². The van der Waals surface area contributed by atoms with E-state index in [2.05, 4.69) is 32.6 Å². The summed E-state index contributed by atoms with van der Waals surface area (Å²) in [5, 5.41) is 11.1. The zero-order valence-corrected chi connectivity index (χ0v) is 18.9. The molecule has 0 bridgehead atoms. The van der Waals surface area contributed by atoms with Gasteiger partial charge in [0.2, 0.25) is 0 Å². The van der Waals surface area contributed by atoms with E-state index in [0.29, 0.717) is 13.1 Å². The quantitative estimate of drug-likeness (QED) is 0.398. The first-order valence-electron chi connectivity index (χ1n) is 8.31. The molecule has 0 amide bonds. The van der Waals surface area contributed by atoms with Crippen molar-refractivity contribution in [2.45, 2.75) is 40.8 Å². The van der Waals surface area contributed by atoms with Crippen LogP contribution in [-0.4, -0.2) is 34.9 Å². The van der Waals surface area contributed by atoms with Gasteiger partial charge in [0, 0.05) is 49.2 Å². The standard InChI is InChI=1S/C18H28N6O.HI/c1-11-8-20-16(12(2)17(11)25-7)10-22-18(19-5)21-9-15-13(3)23-24(6)14(15)4;/h8H,9-10H2,1-7H3,(H2,19,21,22);1H. The Kier molecular flexibility index (Phi) is 8.32. The molecule has 0 fully saturated rings. The summed E-state index contributed by atoms with van der Waals surface area (Å²) in [4.78, 5) is 8.79. The van der Waals surface area contributed by atoms with Crippen LogP contribution < -0.4 is 15.4 Å². The van der Waals surface area contributed by atoms with E-state index >= 15 is 0 Å². The van der Waals surface area contributed by atoms with Crippen molar-refractivity contribution in [2.75, 3.05) is 14.2 Å². The topological polar surface area (TPSA) is 76.4 Å². The highest BCUT2D eigenvalue weighted by atomic mass is 127. The molecule has 0 aliphatic carbocycles. The van der Waals surface area contributed by atoms with Gasteiger partial charge < -0.3 is 15.4 Å². The van der Waals surface area contributed by atoms with E-state index in [1.165, 1.54) is 5.56 Å². The largest absolute Gasteiger partial charge is 0.496 e. The van der Waals surface area contributed by atoms with Crippen molar-refractivity contribution in [2.24, 2.45) is 12.0 Å². The number of ether oxygens (including phenoxy) is 1. The maximum atomic E-state index is 5.46. The molecule has 2 rings (SSSR count). The number of guanidine groups is 1. The van der Waals surface area contributed by atoms with Crippen LogP contribution >= 0.6 is 24.0 Å². The van der Waals surface area contributed by atoms with Crippen molar-refractivity contribution in [3.63, 3.8) is 0 Å². The van der Waals surface area contributed by atoms with Crippen LogP contribution in [-0.2, 0) is 20.1 Å². The predicted molar refractivity (Wildman–Crippen MR) is 115 cm³/mol. The van der Waals surface area contributed by atoms with E-state index < -0.39 is 0 Å². The van der Waals surface area contributed by atoms with Crippen LogP contribution in [0.5, 0.6) is 5.75 Å². The molecular weight excluding hydrogens is 443 g/mol. The first-order chi connectivity index (χ1) is 11.9. The van der Waals surface area contributed by atoms with Gasteiger partial charge in [0.25, 0.3) is 0 Å². The molecule has 0 saturated carbocycles. The number of hydrogen-bond donors (Lipinski definition) is 2. The Labute approximate surface area is 172 Å². The van der Waals surface area contributed by atoms with E-state index in [9.17, 15) is 0 Å². The van der Waals surface area contributed by atoms with E-state index in [1.54, 1.807) is 14.2 Å². The van der Waals surface area contributed by atoms with Crippen LogP contribution in [0.2, 0.25) is 0 Å². The zero-order valence-electron chi connectivity index (χ0n) is 16.6. The summed E-state index contributed by atoms with van der Waals surface area (Å²) in [5.41, 5.74) is 6.40. The number of nitrogens with one attached hydrogen (secondary N) is 2. The number of rotatable bonds is 5. The third-order valence-corrected chi connectivity index (χ3v) is 4.49. The van der Waals surface area contributed by atoms with Gasteiger partial charge in [0.15, 0.2) is 5.96 Å². The summed E-state index contributed by atoms with van der Waals surface area (Å²) in [6.45, 7) is 9.36. The number of hydrogen-bond acceptors (Lipinski definition) is 4. The first-order valence-corrected chi connectivity index (χ1v) is 8.31. The fourth-order valence-corrected chi connectivity index (χ4v) is 2.88. The molecule has 8 heteroatoms. The molecule has 144 valence electrons. The number of pyridine rings is 1. The SMILES string of the molecule is CN=C(NCc1ncc(C)c(OC)c1C)NCc1c(C)nn(C)c1C.I. The Morgan fingerprint density at radius 1 is 1.19 bits per heavy atom. The highest BCUT2D eigenvalue weighted by molar-refractivity contribution is 14.0. The zero-order chi connectivity index (χ0) is 18.6. The molecule has 2 heterocycles. The maximum Gasteiger partial charge on any atom is 0.191 e. The Balaban J connectivity index is 0.00000338. The monoisotopic (exact) mass is 472 g/mol. The first kappa shape index (κ1) is 22.2. The molecule has 0 aliphatic rings. The van der Waals surface area contributed by atoms with Crippen LogP contribution in [0.3, 0.4) is 0 Å². The fraction of sp³-hybridized carbons (Fsp3) is 0.500. The van der Waals surface area contributed by atoms with Gasteiger partial charge in [-0.2, -0.15) is 5.10 Å². The van der Waals surface area contributed by atoms with Crippen LogP contribution in [0.15, 0.2) is 11.2 Å². The summed E-state index contributed by atoms with van der Waals surface area (Å²) < 4.78 is 7.36. The van der Waals surface area contributed by atoms with Gasteiger partial charge in [0.05, 0.1) is 25.0 Å². The second-order valence-electron chi connectivity index (χ2n) is 6.10. The highest BCUT2D eigenvalue weighted by Gasteiger charge is 2.12. The number of halogens is 1. The van der Waals surface area contributed by atoms with Gasteiger partial charge in [-0.3, -0.25) is 14.7 Å². The summed E-state index contributed by atoms with van der Waals surface area (Å²) in [7, 11) is 5.40. The van der Waals surface area contributed by atoms with Crippen LogP contribution in [0.1, 0.15) is 33.8 Å². The summed E-state index contributed by atoms with van der Waals surface area (Å²) in [5.74, 6) is 1.61. The van der Waals surface area contributed by atoms with Crippen LogP contribution in [0, 0.1) is 27.7 Å². The van der Waals surface area contributed by atoms with Crippen molar-refractivity contribution in [3.05, 3.63) is 40.0 Å². The molecule has 0 unspecified atom stereocenters.